The molecule has 1 aliphatic rings. The van der Waals surface area contributed by atoms with Crippen molar-refractivity contribution < 1.29 is 24.1 Å². The van der Waals surface area contributed by atoms with Crippen LogP contribution in [0.1, 0.15) is 42.2 Å². The molecule has 1 aromatic heterocycles. The summed E-state index contributed by atoms with van der Waals surface area (Å²) in [5.74, 6) is -0.0366. The van der Waals surface area contributed by atoms with Gasteiger partial charge < -0.3 is 24.1 Å². The Labute approximate surface area is 158 Å². The Morgan fingerprint density at radius 2 is 1.78 bits per heavy atom. The first-order chi connectivity index (χ1) is 13.2. The first kappa shape index (κ1) is 18.0. The predicted octanol–water partition coefficient (Wildman–Crippen LogP) is 4.22. The maximum absolute atomic E-state index is 9.70. The van der Waals surface area contributed by atoms with Gasteiger partial charge in [-0.05, 0) is 48.4 Å². The Morgan fingerprint density at radius 1 is 1.04 bits per heavy atom. The highest BCUT2D eigenvalue weighted by atomic mass is 16.7. The summed E-state index contributed by atoms with van der Waals surface area (Å²) in [5.41, 5.74) is 3.24. The highest BCUT2D eigenvalue weighted by molar-refractivity contribution is 5.84. The highest BCUT2D eigenvalue weighted by Crippen LogP contribution is 2.45. The summed E-state index contributed by atoms with van der Waals surface area (Å²) in [6.45, 7) is 3.05. The topological polar surface area (TPSA) is 72.1 Å². The van der Waals surface area contributed by atoms with Crippen LogP contribution < -0.4 is 0 Å². The molecule has 5 heteroatoms. The lowest BCUT2D eigenvalue weighted by molar-refractivity contribution is -0.129. The molecule has 2 heterocycles. The van der Waals surface area contributed by atoms with Crippen LogP contribution in [0, 0.1) is 0 Å². The third kappa shape index (κ3) is 3.12. The van der Waals surface area contributed by atoms with Gasteiger partial charge in [0.2, 0.25) is 5.79 Å². The molecule has 2 aromatic carbocycles. The van der Waals surface area contributed by atoms with E-state index >= 15 is 0 Å². The summed E-state index contributed by atoms with van der Waals surface area (Å²) in [4.78, 5) is 0. The van der Waals surface area contributed by atoms with Gasteiger partial charge in [0.1, 0.15) is 17.1 Å². The molecule has 0 unspecified atom stereocenters. The van der Waals surface area contributed by atoms with Crippen molar-refractivity contribution in [1.82, 2.24) is 0 Å². The van der Waals surface area contributed by atoms with Crippen LogP contribution in [-0.2, 0) is 28.3 Å². The zero-order valence-corrected chi connectivity index (χ0v) is 15.4. The number of phenolic OH excluding ortho intramolecular Hbond substituents is 1. The van der Waals surface area contributed by atoms with Crippen molar-refractivity contribution in [1.29, 1.82) is 0 Å². The second kappa shape index (κ2) is 7.35. The molecule has 0 saturated carbocycles. The van der Waals surface area contributed by atoms with Gasteiger partial charge in [-0.15, -0.1) is 0 Å². The van der Waals surface area contributed by atoms with E-state index in [1.165, 1.54) is 0 Å². The molecule has 1 aliphatic heterocycles. The van der Waals surface area contributed by atoms with Crippen LogP contribution in [0.4, 0.5) is 0 Å². The fourth-order valence-electron chi connectivity index (χ4n) is 3.72. The zero-order valence-electron chi connectivity index (χ0n) is 15.4. The third-order valence-electron chi connectivity index (χ3n) is 5.04. The van der Waals surface area contributed by atoms with E-state index in [9.17, 15) is 10.2 Å². The van der Waals surface area contributed by atoms with Gasteiger partial charge in [-0.1, -0.05) is 19.4 Å². The summed E-state index contributed by atoms with van der Waals surface area (Å²) in [6.07, 6.45) is 2.82. The molecule has 0 amide bonds. The molecule has 27 heavy (non-hydrogen) atoms. The van der Waals surface area contributed by atoms with Crippen LogP contribution in [0.2, 0.25) is 0 Å². The molecule has 5 nitrogen and oxygen atoms in total. The van der Waals surface area contributed by atoms with Crippen molar-refractivity contribution in [2.24, 2.45) is 0 Å². The number of aliphatic hydroxyl groups excluding tert-OH is 1. The molecule has 4 rings (SSSR count). The Bertz CT molecular complexity index is 920. The van der Waals surface area contributed by atoms with Crippen molar-refractivity contribution in [2.45, 2.75) is 38.6 Å². The van der Waals surface area contributed by atoms with Gasteiger partial charge in [0.25, 0.3) is 0 Å². The van der Waals surface area contributed by atoms with Gasteiger partial charge in [0.15, 0.2) is 0 Å². The molecule has 1 fully saturated rings. The number of furan rings is 1. The first-order valence-corrected chi connectivity index (χ1v) is 9.41. The fraction of sp³-hybridized carbons (Fsp3) is 0.364. The monoisotopic (exact) mass is 368 g/mol. The van der Waals surface area contributed by atoms with Gasteiger partial charge in [-0.25, -0.2) is 0 Å². The molecule has 0 spiro atoms. The van der Waals surface area contributed by atoms with Gasteiger partial charge in [0, 0.05) is 17.4 Å². The molecule has 1 saturated heterocycles. The number of rotatable bonds is 6. The third-order valence-corrected chi connectivity index (χ3v) is 5.04. The van der Waals surface area contributed by atoms with Crippen LogP contribution >= 0.6 is 0 Å². The van der Waals surface area contributed by atoms with E-state index in [4.69, 9.17) is 13.9 Å². The summed E-state index contributed by atoms with van der Waals surface area (Å²) < 4.78 is 18.6. The van der Waals surface area contributed by atoms with Gasteiger partial charge in [-0.3, -0.25) is 0 Å². The minimum atomic E-state index is -1.07. The maximum atomic E-state index is 9.70. The molecule has 0 aliphatic carbocycles. The minimum absolute atomic E-state index is 0.0429. The Kier molecular flexibility index (Phi) is 4.91. The quantitative estimate of drug-likeness (QED) is 0.681. The van der Waals surface area contributed by atoms with Crippen molar-refractivity contribution in [2.75, 3.05) is 13.2 Å². The molecule has 3 aromatic rings. The van der Waals surface area contributed by atoms with Gasteiger partial charge in [-0.2, -0.15) is 0 Å². The Hall–Kier alpha value is -2.34. The van der Waals surface area contributed by atoms with E-state index in [0.717, 1.165) is 52.7 Å². The average molecular weight is 368 g/mol. The van der Waals surface area contributed by atoms with E-state index in [1.54, 1.807) is 12.1 Å². The molecule has 0 atom stereocenters. The standard InChI is InChI=1S/C22H24O5/c1-2-3-4-20-21(18-13-15(14-23)5-10-19(18)27-20)22(25-11-12-26-22)16-6-8-17(24)9-7-16/h5-10,13,23-24H,2-4,11-12,14H2,1H3. The number of fused-ring (bicyclic) bond motifs is 1. The molecule has 2 N–H and O–H groups in total. The number of phenols is 1. The normalized spacial score (nSPS) is 16.2. The average Bonchev–Trinajstić information content (AvgIpc) is 3.31. The van der Waals surface area contributed by atoms with E-state index < -0.39 is 5.79 Å². The summed E-state index contributed by atoms with van der Waals surface area (Å²) >= 11 is 0. The molecule has 142 valence electrons. The SMILES string of the molecule is CCCCc1oc2ccc(CO)cc2c1C1(c2ccc(O)cc2)OCCO1. The second-order valence-corrected chi connectivity index (χ2v) is 6.85. The molecular weight excluding hydrogens is 344 g/mol. The first-order valence-electron chi connectivity index (χ1n) is 9.41. The fourth-order valence-corrected chi connectivity index (χ4v) is 3.72. The van der Waals surface area contributed by atoms with E-state index in [-0.39, 0.29) is 12.4 Å². The lowest BCUT2D eigenvalue weighted by Gasteiger charge is -2.28. The van der Waals surface area contributed by atoms with Crippen molar-refractivity contribution >= 4 is 11.0 Å². The summed E-state index contributed by atoms with van der Waals surface area (Å²) in [6, 6.07) is 12.6. The molecule has 0 bridgehead atoms. The minimum Gasteiger partial charge on any atom is -0.508 e. The van der Waals surface area contributed by atoms with Crippen LogP contribution in [0.15, 0.2) is 46.9 Å². The van der Waals surface area contributed by atoms with Crippen molar-refractivity contribution in [3.05, 3.63) is 64.9 Å². The lowest BCUT2D eigenvalue weighted by Crippen LogP contribution is -2.29. The lowest BCUT2D eigenvalue weighted by atomic mass is 9.92. The number of aryl methyl sites for hydroxylation is 1. The Morgan fingerprint density at radius 3 is 2.44 bits per heavy atom. The van der Waals surface area contributed by atoms with Crippen LogP contribution in [-0.4, -0.2) is 23.4 Å². The van der Waals surface area contributed by atoms with Crippen LogP contribution in [0.3, 0.4) is 0 Å². The van der Waals surface area contributed by atoms with Gasteiger partial charge in [0.05, 0.1) is 25.4 Å². The van der Waals surface area contributed by atoms with Crippen molar-refractivity contribution in [3.63, 3.8) is 0 Å². The number of ether oxygens (including phenoxy) is 2. The number of aromatic hydroxyl groups is 1. The maximum Gasteiger partial charge on any atom is 0.226 e. The van der Waals surface area contributed by atoms with Crippen LogP contribution in [0.5, 0.6) is 5.75 Å². The number of unbranched alkanes of at least 4 members (excludes halogenated alkanes) is 1. The van der Waals surface area contributed by atoms with E-state index in [2.05, 4.69) is 6.92 Å². The van der Waals surface area contributed by atoms with Crippen LogP contribution in [0.25, 0.3) is 11.0 Å². The largest absolute Gasteiger partial charge is 0.508 e. The number of benzene rings is 2. The smallest absolute Gasteiger partial charge is 0.226 e. The molecule has 0 radical (unpaired) electrons. The highest BCUT2D eigenvalue weighted by Gasteiger charge is 2.45. The van der Waals surface area contributed by atoms with E-state index in [1.807, 2.05) is 30.3 Å². The molecular formula is C22H24O5. The van der Waals surface area contributed by atoms with E-state index in [0.29, 0.717) is 13.2 Å². The predicted molar refractivity (Wildman–Crippen MR) is 102 cm³/mol. The van der Waals surface area contributed by atoms with Gasteiger partial charge >= 0.3 is 0 Å². The zero-order chi connectivity index (χ0) is 18.9. The number of hydrogen-bond donors (Lipinski definition) is 2. The Balaban J connectivity index is 1.96. The number of aliphatic hydroxyl groups is 1. The number of hydrogen-bond acceptors (Lipinski definition) is 5. The summed E-state index contributed by atoms with van der Waals surface area (Å²) in [7, 11) is 0. The summed E-state index contributed by atoms with van der Waals surface area (Å²) in [5, 5.41) is 20.2. The second-order valence-electron chi connectivity index (χ2n) is 6.85. The van der Waals surface area contributed by atoms with Crippen molar-refractivity contribution in [3.8, 4) is 5.75 Å².